The van der Waals surface area contributed by atoms with Crippen LogP contribution in [0.25, 0.3) is 0 Å². The third-order valence-corrected chi connectivity index (χ3v) is 2.92. The molecule has 0 amide bonds. The number of esters is 1. The Morgan fingerprint density at radius 3 is 3.00 bits per heavy atom. The Morgan fingerprint density at radius 2 is 2.32 bits per heavy atom. The molecule has 0 fully saturated rings. The Bertz CT molecular complexity index is 578. The highest BCUT2D eigenvalue weighted by atomic mass is 16.5. The first-order valence-electron chi connectivity index (χ1n) is 6.11. The molecule has 19 heavy (non-hydrogen) atoms. The van der Waals surface area contributed by atoms with Crippen molar-refractivity contribution in [3.05, 3.63) is 48.0 Å². The van der Waals surface area contributed by atoms with Gasteiger partial charge in [-0.2, -0.15) is 0 Å². The molecule has 5 heteroatoms. The summed E-state index contributed by atoms with van der Waals surface area (Å²) in [5, 5.41) is 9.51. The van der Waals surface area contributed by atoms with Gasteiger partial charge in [-0.1, -0.05) is 12.1 Å². The highest BCUT2D eigenvalue weighted by molar-refractivity contribution is 5.87. The van der Waals surface area contributed by atoms with E-state index in [0.29, 0.717) is 12.3 Å². The largest absolute Gasteiger partial charge is 0.508 e. The molecule has 0 spiro atoms. The van der Waals surface area contributed by atoms with Crippen LogP contribution in [0.4, 0.5) is 0 Å². The number of hydrogen-bond acceptors (Lipinski definition) is 4. The van der Waals surface area contributed by atoms with Gasteiger partial charge in [-0.3, -0.25) is 0 Å². The fraction of sp³-hybridized carbons (Fsp3) is 0.286. The molecule has 0 aliphatic rings. The molecule has 0 radical (unpaired) electrons. The minimum atomic E-state index is -0.396. The molecule has 0 saturated heterocycles. The van der Waals surface area contributed by atoms with Crippen LogP contribution in [0.3, 0.4) is 0 Å². The van der Waals surface area contributed by atoms with Crippen LogP contribution in [0.15, 0.2) is 36.8 Å². The molecule has 5 nitrogen and oxygen atoms in total. The fourth-order valence-corrected chi connectivity index (χ4v) is 1.92. The van der Waals surface area contributed by atoms with Crippen molar-refractivity contribution in [1.29, 1.82) is 0 Å². The normalized spacial score (nSPS) is 12.1. The van der Waals surface area contributed by atoms with Gasteiger partial charge in [0, 0.05) is 0 Å². The lowest BCUT2D eigenvalue weighted by Gasteiger charge is -2.16. The first-order chi connectivity index (χ1) is 9.13. The summed E-state index contributed by atoms with van der Waals surface area (Å²) >= 11 is 0. The van der Waals surface area contributed by atoms with Gasteiger partial charge in [0.2, 0.25) is 0 Å². The van der Waals surface area contributed by atoms with E-state index in [1.165, 1.54) is 6.20 Å². The second-order valence-electron chi connectivity index (χ2n) is 4.18. The summed E-state index contributed by atoms with van der Waals surface area (Å²) in [6.45, 7) is 4.01. The lowest BCUT2D eigenvalue weighted by Crippen LogP contribution is -2.15. The molecule has 1 N–H and O–H groups in total. The maximum atomic E-state index is 11.8. The lowest BCUT2D eigenvalue weighted by molar-refractivity contribution is 0.0512. The van der Waals surface area contributed by atoms with Crippen LogP contribution in [-0.2, 0) is 4.74 Å². The number of imidazole rings is 1. The molecule has 100 valence electrons. The molecule has 0 unspecified atom stereocenters. The minimum absolute atomic E-state index is 0.117. The quantitative estimate of drug-likeness (QED) is 0.857. The Kier molecular flexibility index (Phi) is 3.85. The Morgan fingerprint density at radius 1 is 1.53 bits per heavy atom. The van der Waals surface area contributed by atoms with E-state index >= 15 is 0 Å². The van der Waals surface area contributed by atoms with E-state index in [-0.39, 0.29) is 11.8 Å². The molecule has 1 aromatic heterocycles. The van der Waals surface area contributed by atoms with Crippen molar-refractivity contribution in [2.75, 3.05) is 6.61 Å². The number of carbonyl (C=O) groups excluding carboxylic acids is 1. The van der Waals surface area contributed by atoms with E-state index in [2.05, 4.69) is 4.98 Å². The van der Waals surface area contributed by atoms with Gasteiger partial charge in [-0.05, 0) is 31.5 Å². The standard InChI is InChI=1S/C14H16N2O3/c1-3-19-14(18)13-8-15-9-16(13)10(2)11-5-4-6-12(17)7-11/h4-10,17H,3H2,1-2H3/t10-/m1/s1. The summed E-state index contributed by atoms with van der Waals surface area (Å²) in [6, 6.07) is 6.81. The van der Waals surface area contributed by atoms with Crippen molar-refractivity contribution in [3.63, 3.8) is 0 Å². The van der Waals surface area contributed by atoms with Crippen molar-refractivity contribution in [2.45, 2.75) is 19.9 Å². The lowest BCUT2D eigenvalue weighted by atomic mass is 10.1. The van der Waals surface area contributed by atoms with Gasteiger partial charge in [0.15, 0.2) is 0 Å². The number of nitrogens with zero attached hydrogens (tertiary/aromatic N) is 2. The van der Waals surface area contributed by atoms with E-state index in [9.17, 15) is 9.90 Å². The van der Waals surface area contributed by atoms with E-state index < -0.39 is 5.97 Å². The van der Waals surface area contributed by atoms with Gasteiger partial charge in [0.25, 0.3) is 0 Å². The number of hydrogen-bond donors (Lipinski definition) is 1. The zero-order valence-electron chi connectivity index (χ0n) is 10.9. The van der Waals surface area contributed by atoms with Gasteiger partial charge in [-0.25, -0.2) is 9.78 Å². The van der Waals surface area contributed by atoms with Crippen LogP contribution >= 0.6 is 0 Å². The Hall–Kier alpha value is -2.30. The number of phenols is 1. The monoisotopic (exact) mass is 260 g/mol. The molecule has 2 rings (SSSR count). The maximum absolute atomic E-state index is 11.8. The first-order valence-corrected chi connectivity index (χ1v) is 6.11. The molecule has 0 aliphatic carbocycles. The smallest absolute Gasteiger partial charge is 0.356 e. The number of aromatic nitrogens is 2. The van der Waals surface area contributed by atoms with Crippen LogP contribution in [0.5, 0.6) is 5.75 Å². The van der Waals surface area contributed by atoms with Crippen LogP contribution in [0.2, 0.25) is 0 Å². The second kappa shape index (κ2) is 5.56. The van der Waals surface area contributed by atoms with Gasteiger partial charge >= 0.3 is 5.97 Å². The zero-order valence-corrected chi connectivity index (χ0v) is 10.9. The summed E-state index contributed by atoms with van der Waals surface area (Å²) in [4.78, 5) is 15.8. The maximum Gasteiger partial charge on any atom is 0.356 e. The Labute approximate surface area is 111 Å². The summed E-state index contributed by atoms with van der Waals surface area (Å²) in [5.74, 6) is -0.200. The summed E-state index contributed by atoms with van der Waals surface area (Å²) in [5.41, 5.74) is 1.29. The Balaban J connectivity index is 2.32. The topological polar surface area (TPSA) is 64.3 Å². The van der Waals surface area contributed by atoms with E-state index in [1.807, 2.05) is 13.0 Å². The van der Waals surface area contributed by atoms with Crippen LogP contribution in [-0.4, -0.2) is 27.2 Å². The fourth-order valence-electron chi connectivity index (χ4n) is 1.92. The number of aromatic hydroxyl groups is 1. The molecule has 0 saturated carbocycles. The predicted molar refractivity (Wildman–Crippen MR) is 70.1 cm³/mol. The number of benzene rings is 1. The summed E-state index contributed by atoms with van der Waals surface area (Å²) in [6.07, 6.45) is 3.07. The van der Waals surface area contributed by atoms with Crippen LogP contribution in [0, 0.1) is 0 Å². The van der Waals surface area contributed by atoms with Gasteiger partial charge in [0.1, 0.15) is 11.4 Å². The second-order valence-corrected chi connectivity index (χ2v) is 4.18. The number of phenolic OH excluding ortho intramolecular Hbond substituents is 1. The zero-order chi connectivity index (χ0) is 13.8. The van der Waals surface area contributed by atoms with Crippen molar-refractivity contribution in [3.8, 4) is 5.75 Å². The average molecular weight is 260 g/mol. The molecule has 1 heterocycles. The van der Waals surface area contributed by atoms with Crippen molar-refractivity contribution in [1.82, 2.24) is 9.55 Å². The third kappa shape index (κ3) is 2.76. The molecule has 0 aliphatic heterocycles. The molecule has 2 aromatic rings. The molecule has 0 bridgehead atoms. The van der Waals surface area contributed by atoms with Crippen LogP contribution in [0.1, 0.15) is 35.9 Å². The number of ether oxygens (including phenoxy) is 1. The molecule has 1 aromatic carbocycles. The van der Waals surface area contributed by atoms with Crippen molar-refractivity contribution >= 4 is 5.97 Å². The average Bonchev–Trinajstić information content (AvgIpc) is 2.87. The SMILES string of the molecule is CCOC(=O)c1cncn1[C@H](C)c1cccc(O)c1. The highest BCUT2D eigenvalue weighted by Gasteiger charge is 2.18. The highest BCUT2D eigenvalue weighted by Crippen LogP contribution is 2.23. The van der Waals surface area contributed by atoms with Gasteiger partial charge in [0.05, 0.1) is 25.2 Å². The van der Waals surface area contributed by atoms with E-state index in [1.54, 1.807) is 36.0 Å². The van der Waals surface area contributed by atoms with Crippen molar-refractivity contribution in [2.24, 2.45) is 0 Å². The van der Waals surface area contributed by atoms with E-state index in [0.717, 1.165) is 5.56 Å². The predicted octanol–water partition coefficient (Wildman–Crippen LogP) is 2.37. The molecular weight excluding hydrogens is 244 g/mol. The summed E-state index contributed by atoms with van der Waals surface area (Å²) in [7, 11) is 0. The molecule has 1 atom stereocenters. The van der Waals surface area contributed by atoms with Gasteiger partial charge < -0.3 is 14.4 Å². The minimum Gasteiger partial charge on any atom is -0.508 e. The molecular formula is C14H16N2O3. The number of rotatable bonds is 4. The summed E-state index contributed by atoms with van der Waals surface area (Å²) < 4.78 is 6.72. The van der Waals surface area contributed by atoms with Crippen molar-refractivity contribution < 1.29 is 14.6 Å². The van der Waals surface area contributed by atoms with Crippen LogP contribution < -0.4 is 0 Å². The first kappa shape index (κ1) is 13.1. The van der Waals surface area contributed by atoms with Gasteiger partial charge in [-0.15, -0.1) is 0 Å². The van der Waals surface area contributed by atoms with E-state index in [4.69, 9.17) is 4.74 Å². The number of carbonyl (C=O) groups is 1. The third-order valence-electron chi connectivity index (χ3n) is 2.92.